The van der Waals surface area contributed by atoms with E-state index in [2.05, 4.69) is 6.07 Å². The molecule has 0 aliphatic heterocycles. The van der Waals surface area contributed by atoms with Crippen LogP contribution < -0.4 is 0 Å². The van der Waals surface area contributed by atoms with Gasteiger partial charge in [0, 0.05) is 5.02 Å². The Morgan fingerprint density at radius 1 is 1.06 bits per heavy atom. The second-order valence-corrected chi connectivity index (χ2v) is 4.05. The molecule has 0 saturated carbocycles. The first-order chi connectivity index (χ1) is 7.72. The zero-order chi connectivity index (χ0) is 11.5. The van der Waals surface area contributed by atoms with E-state index < -0.39 is 0 Å². The van der Waals surface area contributed by atoms with Crippen molar-refractivity contribution in [1.82, 2.24) is 0 Å². The Kier molecular flexibility index (Phi) is 2.94. The van der Waals surface area contributed by atoms with Crippen LogP contribution in [0.25, 0.3) is 11.1 Å². The molecule has 2 rings (SSSR count). The van der Waals surface area contributed by atoms with E-state index in [0.717, 1.165) is 16.7 Å². The van der Waals surface area contributed by atoms with Gasteiger partial charge in [0.2, 0.25) is 0 Å². The zero-order valence-corrected chi connectivity index (χ0v) is 9.62. The summed E-state index contributed by atoms with van der Waals surface area (Å²) in [6, 6.07) is 15.6. The van der Waals surface area contributed by atoms with Gasteiger partial charge in [-0.15, -0.1) is 0 Å². The number of hydrogen-bond donors (Lipinski definition) is 0. The van der Waals surface area contributed by atoms with Gasteiger partial charge in [-0.1, -0.05) is 41.9 Å². The monoisotopic (exact) mass is 227 g/mol. The summed E-state index contributed by atoms with van der Waals surface area (Å²) >= 11 is 5.87. The molecule has 2 aromatic rings. The first-order valence-electron chi connectivity index (χ1n) is 4.98. The van der Waals surface area contributed by atoms with Gasteiger partial charge in [-0.2, -0.15) is 5.26 Å². The summed E-state index contributed by atoms with van der Waals surface area (Å²) in [6.07, 6.45) is 0. The minimum Gasteiger partial charge on any atom is -0.192 e. The van der Waals surface area contributed by atoms with E-state index >= 15 is 0 Å². The topological polar surface area (TPSA) is 23.8 Å². The fourth-order valence-electron chi connectivity index (χ4n) is 1.72. The number of rotatable bonds is 1. The first kappa shape index (κ1) is 10.7. The van der Waals surface area contributed by atoms with Crippen LogP contribution in [0.5, 0.6) is 0 Å². The van der Waals surface area contributed by atoms with Gasteiger partial charge in [0.1, 0.15) is 0 Å². The minimum absolute atomic E-state index is 0.592. The van der Waals surface area contributed by atoms with Gasteiger partial charge in [0.15, 0.2) is 0 Å². The number of halogens is 1. The quantitative estimate of drug-likeness (QED) is 0.717. The second-order valence-electron chi connectivity index (χ2n) is 3.62. The van der Waals surface area contributed by atoms with Crippen molar-refractivity contribution in [1.29, 1.82) is 5.26 Å². The Hall–Kier alpha value is -1.78. The molecule has 0 radical (unpaired) electrons. The molecule has 78 valence electrons. The Morgan fingerprint density at radius 2 is 1.81 bits per heavy atom. The van der Waals surface area contributed by atoms with Crippen LogP contribution in [0.1, 0.15) is 11.1 Å². The largest absolute Gasteiger partial charge is 0.192 e. The maximum Gasteiger partial charge on any atom is 0.0998 e. The predicted octanol–water partition coefficient (Wildman–Crippen LogP) is 4.19. The van der Waals surface area contributed by atoms with Crippen molar-refractivity contribution >= 4 is 11.6 Å². The van der Waals surface area contributed by atoms with Gasteiger partial charge in [-0.25, -0.2) is 0 Å². The first-order valence-corrected chi connectivity index (χ1v) is 5.36. The predicted molar refractivity (Wildman–Crippen MR) is 66.3 cm³/mol. The summed E-state index contributed by atoms with van der Waals surface area (Å²) < 4.78 is 0. The van der Waals surface area contributed by atoms with Crippen molar-refractivity contribution in [2.45, 2.75) is 6.92 Å². The van der Waals surface area contributed by atoms with Crippen LogP contribution in [0, 0.1) is 18.3 Å². The SMILES string of the molecule is Cc1ccccc1-c1ccc(Cl)cc1C#N. The summed E-state index contributed by atoms with van der Waals surface area (Å²) in [4.78, 5) is 0. The Balaban J connectivity index is 2.66. The molecule has 1 nitrogen and oxygen atoms in total. The molecular weight excluding hydrogens is 218 g/mol. The third kappa shape index (κ3) is 1.93. The number of aryl methyl sites for hydroxylation is 1. The molecule has 0 heterocycles. The lowest BCUT2D eigenvalue weighted by atomic mass is 9.97. The van der Waals surface area contributed by atoms with Gasteiger partial charge in [0.25, 0.3) is 0 Å². The van der Waals surface area contributed by atoms with Crippen molar-refractivity contribution in [3.63, 3.8) is 0 Å². The number of nitrogens with zero attached hydrogens (tertiary/aromatic N) is 1. The Labute approximate surface area is 99.9 Å². The Morgan fingerprint density at radius 3 is 2.50 bits per heavy atom. The summed E-state index contributed by atoms with van der Waals surface area (Å²) in [5.74, 6) is 0. The summed E-state index contributed by atoms with van der Waals surface area (Å²) in [7, 11) is 0. The number of hydrogen-bond acceptors (Lipinski definition) is 1. The molecule has 0 bridgehead atoms. The van der Waals surface area contributed by atoms with Crippen molar-refractivity contribution in [3.05, 3.63) is 58.6 Å². The molecule has 0 atom stereocenters. The van der Waals surface area contributed by atoms with E-state index in [4.69, 9.17) is 16.9 Å². The van der Waals surface area contributed by atoms with Crippen molar-refractivity contribution in [2.75, 3.05) is 0 Å². The Bertz CT molecular complexity index is 567. The fraction of sp³-hybridized carbons (Fsp3) is 0.0714. The minimum atomic E-state index is 0.592. The molecule has 2 aromatic carbocycles. The molecule has 0 aromatic heterocycles. The van der Waals surface area contributed by atoms with Crippen LogP contribution >= 0.6 is 11.6 Å². The van der Waals surface area contributed by atoms with E-state index in [1.165, 1.54) is 0 Å². The van der Waals surface area contributed by atoms with Gasteiger partial charge in [0.05, 0.1) is 11.6 Å². The van der Waals surface area contributed by atoms with Gasteiger partial charge < -0.3 is 0 Å². The molecular formula is C14H10ClN. The highest BCUT2D eigenvalue weighted by molar-refractivity contribution is 6.30. The maximum absolute atomic E-state index is 9.09. The van der Waals surface area contributed by atoms with Crippen LogP contribution in [-0.2, 0) is 0 Å². The lowest BCUT2D eigenvalue weighted by molar-refractivity contribution is 1.43. The molecule has 0 aliphatic carbocycles. The molecule has 0 unspecified atom stereocenters. The summed E-state index contributed by atoms with van der Waals surface area (Å²) in [5.41, 5.74) is 3.78. The van der Waals surface area contributed by atoms with E-state index in [-0.39, 0.29) is 0 Å². The smallest absolute Gasteiger partial charge is 0.0998 e. The van der Waals surface area contributed by atoms with Crippen LogP contribution in [0.3, 0.4) is 0 Å². The zero-order valence-electron chi connectivity index (χ0n) is 8.87. The standard InChI is InChI=1S/C14H10ClN/c1-10-4-2-3-5-13(10)14-7-6-12(15)8-11(14)9-16/h2-8H,1H3. The van der Waals surface area contributed by atoms with E-state index in [1.807, 2.05) is 43.3 Å². The van der Waals surface area contributed by atoms with Gasteiger partial charge >= 0.3 is 0 Å². The van der Waals surface area contributed by atoms with Crippen molar-refractivity contribution in [2.24, 2.45) is 0 Å². The summed E-state index contributed by atoms with van der Waals surface area (Å²) in [6.45, 7) is 2.03. The molecule has 0 aliphatic rings. The third-order valence-corrected chi connectivity index (χ3v) is 2.77. The number of benzene rings is 2. The van der Waals surface area contributed by atoms with E-state index in [0.29, 0.717) is 10.6 Å². The highest BCUT2D eigenvalue weighted by Crippen LogP contribution is 2.28. The van der Waals surface area contributed by atoms with Gasteiger partial charge in [-0.3, -0.25) is 0 Å². The van der Waals surface area contributed by atoms with Crippen LogP contribution in [0.2, 0.25) is 5.02 Å². The average Bonchev–Trinajstić information content (AvgIpc) is 2.30. The average molecular weight is 228 g/mol. The highest BCUT2D eigenvalue weighted by atomic mass is 35.5. The van der Waals surface area contributed by atoms with Crippen LogP contribution in [-0.4, -0.2) is 0 Å². The van der Waals surface area contributed by atoms with Crippen molar-refractivity contribution in [3.8, 4) is 17.2 Å². The normalized spacial score (nSPS) is 9.81. The molecule has 16 heavy (non-hydrogen) atoms. The van der Waals surface area contributed by atoms with Crippen LogP contribution in [0.4, 0.5) is 0 Å². The lowest BCUT2D eigenvalue weighted by Crippen LogP contribution is -1.87. The lowest BCUT2D eigenvalue weighted by Gasteiger charge is -2.07. The molecule has 0 spiro atoms. The molecule has 2 heteroatoms. The molecule has 0 fully saturated rings. The van der Waals surface area contributed by atoms with Gasteiger partial charge in [-0.05, 0) is 35.7 Å². The fourth-order valence-corrected chi connectivity index (χ4v) is 1.89. The third-order valence-electron chi connectivity index (χ3n) is 2.54. The van der Waals surface area contributed by atoms with Crippen LogP contribution in [0.15, 0.2) is 42.5 Å². The maximum atomic E-state index is 9.09. The summed E-state index contributed by atoms with van der Waals surface area (Å²) in [5, 5.41) is 9.68. The van der Waals surface area contributed by atoms with E-state index in [1.54, 1.807) is 6.07 Å². The molecule has 0 N–H and O–H groups in total. The second kappa shape index (κ2) is 4.38. The molecule has 0 saturated heterocycles. The van der Waals surface area contributed by atoms with Crippen molar-refractivity contribution < 1.29 is 0 Å². The number of nitriles is 1. The van der Waals surface area contributed by atoms with E-state index in [9.17, 15) is 0 Å². The molecule has 0 amide bonds. The highest BCUT2D eigenvalue weighted by Gasteiger charge is 2.07.